The van der Waals surface area contributed by atoms with Crippen LogP contribution in [0.1, 0.15) is 60.5 Å². The highest BCUT2D eigenvalue weighted by Crippen LogP contribution is 2.45. The third kappa shape index (κ3) is 6.44. The number of aromatic nitrogens is 3. The van der Waals surface area contributed by atoms with Gasteiger partial charge in [-0.2, -0.15) is 0 Å². The molecule has 1 atom stereocenters. The number of alkyl halides is 3. The molecule has 3 aromatic rings. The van der Waals surface area contributed by atoms with Crippen molar-refractivity contribution in [2.45, 2.75) is 87.3 Å². The molecule has 2 aromatic heterocycles. The molecule has 0 fully saturated rings. The third-order valence-corrected chi connectivity index (χ3v) is 14.6. The highest BCUT2D eigenvalue weighted by Gasteiger charge is 2.47. The summed E-state index contributed by atoms with van der Waals surface area (Å²) in [5, 5.41) is 8.17. The van der Waals surface area contributed by atoms with Gasteiger partial charge in [-0.1, -0.05) is 41.5 Å². The quantitative estimate of drug-likeness (QED) is 0.258. The standard InChI is InChI=1S/C25H33F3N4O5SSi/c1-14(2)39(15(3)4,16(5)6)37-17(7)23-31-32-24(35-23)22-21(29)12-20(13-30-22)38(33,34)19-10-8-18(9-11-19)36-25(26,27)28/h8-17H,29H2,1-7H3. The lowest BCUT2D eigenvalue weighted by molar-refractivity contribution is -0.274. The second-order valence-corrected chi connectivity index (χ2v) is 17.5. The number of ether oxygens (including phenoxy) is 1. The van der Waals surface area contributed by atoms with Gasteiger partial charge in [0.25, 0.3) is 5.89 Å². The van der Waals surface area contributed by atoms with Crippen LogP contribution in [0.15, 0.2) is 50.7 Å². The van der Waals surface area contributed by atoms with Crippen molar-refractivity contribution in [1.82, 2.24) is 15.2 Å². The Morgan fingerprint density at radius 1 is 0.923 bits per heavy atom. The minimum absolute atomic E-state index is 0.00135. The van der Waals surface area contributed by atoms with Gasteiger partial charge in [0.15, 0.2) is 5.69 Å². The van der Waals surface area contributed by atoms with Crippen molar-refractivity contribution in [2.24, 2.45) is 0 Å². The summed E-state index contributed by atoms with van der Waals surface area (Å²) in [6, 6.07) is 4.99. The van der Waals surface area contributed by atoms with Crippen LogP contribution in [-0.4, -0.2) is 38.3 Å². The molecule has 2 N–H and O–H groups in total. The molecule has 0 aliphatic carbocycles. The molecule has 0 aliphatic heterocycles. The van der Waals surface area contributed by atoms with E-state index in [4.69, 9.17) is 14.6 Å². The van der Waals surface area contributed by atoms with E-state index in [9.17, 15) is 21.6 Å². The molecule has 0 amide bonds. The van der Waals surface area contributed by atoms with E-state index >= 15 is 0 Å². The first-order chi connectivity index (χ1) is 18.0. The van der Waals surface area contributed by atoms with Crippen LogP contribution in [0.5, 0.6) is 5.75 Å². The number of pyridine rings is 1. The molecule has 0 bridgehead atoms. The predicted octanol–water partition coefficient (Wildman–Crippen LogP) is 6.70. The minimum atomic E-state index is -4.89. The Morgan fingerprint density at radius 2 is 1.49 bits per heavy atom. The average molecular weight is 587 g/mol. The Hall–Kier alpha value is -2.97. The van der Waals surface area contributed by atoms with Crippen molar-refractivity contribution < 1.29 is 35.2 Å². The molecular weight excluding hydrogens is 553 g/mol. The summed E-state index contributed by atoms with van der Waals surface area (Å²) in [6.07, 6.45) is -4.30. The van der Waals surface area contributed by atoms with Crippen LogP contribution >= 0.6 is 0 Å². The number of nitrogens with two attached hydrogens (primary N) is 1. The van der Waals surface area contributed by atoms with Gasteiger partial charge in [-0.05, 0) is 53.9 Å². The fourth-order valence-electron chi connectivity index (χ4n) is 5.00. The Kier molecular flexibility index (Phi) is 8.82. The van der Waals surface area contributed by atoms with E-state index in [0.29, 0.717) is 16.6 Å². The number of hydrogen-bond acceptors (Lipinski definition) is 9. The van der Waals surface area contributed by atoms with Gasteiger partial charge in [0.2, 0.25) is 24.0 Å². The molecule has 0 saturated heterocycles. The van der Waals surface area contributed by atoms with Gasteiger partial charge in [0, 0.05) is 6.20 Å². The number of halogens is 3. The second-order valence-electron chi connectivity index (χ2n) is 10.2. The Bertz CT molecular complexity index is 1370. The summed E-state index contributed by atoms with van der Waals surface area (Å²) in [6.45, 7) is 14.9. The number of benzene rings is 1. The van der Waals surface area contributed by atoms with Gasteiger partial charge >= 0.3 is 6.36 Å². The lowest BCUT2D eigenvalue weighted by Gasteiger charge is -2.43. The van der Waals surface area contributed by atoms with E-state index in [-0.39, 0.29) is 33.0 Å². The van der Waals surface area contributed by atoms with Crippen molar-refractivity contribution >= 4 is 23.8 Å². The first-order valence-corrected chi connectivity index (χ1v) is 16.0. The highest BCUT2D eigenvalue weighted by molar-refractivity contribution is 7.91. The minimum Gasteiger partial charge on any atom is -0.416 e. The zero-order chi connectivity index (χ0) is 29.3. The normalized spacial score (nSPS) is 13.9. The Balaban J connectivity index is 1.85. The second kappa shape index (κ2) is 11.3. The van der Waals surface area contributed by atoms with Crippen LogP contribution in [-0.2, 0) is 14.3 Å². The van der Waals surface area contributed by atoms with Gasteiger partial charge in [-0.3, -0.25) is 0 Å². The molecule has 9 nitrogen and oxygen atoms in total. The van der Waals surface area contributed by atoms with Crippen molar-refractivity contribution in [3.8, 4) is 17.3 Å². The number of nitrogen functional groups attached to an aromatic ring is 1. The molecule has 0 saturated carbocycles. The van der Waals surface area contributed by atoms with E-state index in [1.807, 2.05) is 6.92 Å². The monoisotopic (exact) mass is 586 g/mol. The maximum absolute atomic E-state index is 13.0. The average Bonchev–Trinajstić information content (AvgIpc) is 3.31. The topological polar surface area (TPSA) is 130 Å². The number of rotatable bonds is 10. The number of nitrogens with zero attached hydrogens (tertiary/aromatic N) is 3. The Labute approximate surface area is 227 Å². The van der Waals surface area contributed by atoms with Crippen LogP contribution < -0.4 is 10.5 Å². The lowest BCUT2D eigenvalue weighted by atomic mass is 10.3. The SMILES string of the molecule is CC(O[Si](C(C)C)(C(C)C)C(C)C)c1nnc(-c2ncc(S(=O)(=O)c3ccc(OC(F)(F)F)cc3)cc2N)o1. The maximum Gasteiger partial charge on any atom is 0.573 e. The van der Waals surface area contributed by atoms with Gasteiger partial charge in [-0.15, -0.1) is 23.4 Å². The van der Waals surface area contributed by atoms with Crippen molar-refractivity contribution in [3.05, 3.63) is 42.4 Å². The predicted molar refractivity (Wildman–Crippen MR) is 141 cm³/mol. The number of sulfone groups is 1. The molecule has 214 valence electrons. The number of hydrogen-bond donors (Lipinski definition) is 1. The van der Waals surface area contributed by atoms with Gasteiger partial charge < -0.3 is 19.3 Å². The third-order valence-electron chi connectivity index (χ3n) is 6.65. The van der Waals surface area contributed by atoms with Crippen LogP contribution in [0.4, 0.5) is 18.9 Å². The first kappa shape index (κ1) is 30.6. The van der Waals surface area contributed by atoms with Crippen LogP contribution in [0, 0.1) is 0 Å². The molecule has 3 rings (SSSR count). The largest absolute Gasteiger partial charge is 0.573 e. The number of anilines is 1. The van der Waals surface area contributed by atoms with Crippen molar-refractivity contribution in [2.75, 3.05) is 5.73 Å². The molecular formula is C25H33F3N4O5SSi. The van der Waals surface area contributed by atoms with Crippen LogP contribution in [0.25, 0.3) is 11.6 Å². The molecule has 14 heteroatoms. The van der Waals surface area contributed by atoms with Crippen molar-refractivity contribution in [3.63, 3.8) is 0 Å². The van der Waals surface area contributed by atoms with E-state index in [1.165, 1.54) is 6.07 Å². The molecule has 1 unspecified atom stereocenters. The maximum atomic E-state index is 13.0. The van der Waals surface area contributed by atoms with Gasteiger partial charge in [-0.25, -0.2) is 13.4 Å². The fraction of sp³-hybridized carbons (Fsp3) is 0.480. The summed E-state index contributed by atoms with van der Waals surface area (Å²) in [4.78, 5) is 3.61. The van der Waals surface area contributed by atoms with Crippen LogP contribution in [0.2, 0.25) is 16.6 Å². The summed E-state index contributed by atoms with van der Waals surface area (Å²) in [7, 11) is -6.36. The lowest BCUT2D eigenvalue weighted by Crippen LogP contribution is -2.48. The summed E-state index contributed by atoms with van der Waals surface area (Å²) in [5.74, 6) is -0.292. The zero-order valence-corrected chi connectivity index (χ0v) is 24.6. The molecule has 0 spiro atoms. The summed E-state index contributed by atoms with van der Waals surface area (Å²) in [5.41, 5.74) is 7.21. The summed E-state index contributed by atoms with van der Waals surface area (Å²) < 4.78 is 79.5. The van der Waals surface area contributed by atoms with Gasteiger partial charge in [0.1, 0.15) is 11.9 Å². The molecule has 2 heterocycles. The van der Waals surface area contributed by atoms with E-state index < -0.39 is 36.4 Å². The first-order valence-electron chi connectivity index (χ1n) is 12.4. The highest BCUT2D eigenvalue weighted by atomic mass is 32.2. The molecule has 0 radical (unpaired) electrons. The van der Waals surface area contributed by atoms with Crippen LogP contribution in [0.3, 0.4) is 0 Å². The summed E-state index contributed by atoms with van der Waals surface area (Å²) >= 11 is 0. The smallest absolute Gasteiger partial charge is 0.416 e. The Morgan fingerprint density at radius 3 is 1.97 bits per heavy atom. The van der Waals surface area contributed by atoms with Crippen molar-refractivity contribution in [1.29, 1.82) is 0 Å². The zero-order valence-electron chi connectivity index (χ0n) is 22.8. The molecule has 39 heavy (non-hydrogen) atoms. The van der Waals surface area contributed by atoms with E-state index in [2.05, 4.69) is 61.5 Å². The van der Waals surface area contributed by atoms with E-state index in [0.717, 1.165) is 30.5 Å². The molecule has 0 aliphatic rings. The van der Waals surface area contributed by atoms with Gasteiger partial charge in [0.05, 0.1) is 15.5 Å². The fourth-order valence-corrected chi connectivity index (χ4v) is 11.8. The molecule has 1 aromatic carbocycles. The van der Waals surface area contributed by atoms with E-state index in [1.54, 1.807) is 0 Å².